The van der Waals surface area contributed by atoms with Crippen LogP contribution in [0.5, 0.6) is 0 Å². The molecule has 1 fully saturated rings. The van der Waals surface area contributed by atoms with E-state index in [1.807, 2.05) is 0 Å². The first kappa shape index (κ1) is 14.5. The number of nitrogens with zero attached hydrogens (tertiary/aromatic N) is 2. The highest BCUT2D eigenvalue weighted by Gasteiger charge is 2.28. The number of likely N-dealkylation sites (tertiary alicyclic amines) is 1. The maximum atomic E-state index is 11.3. The maximum Gasteiger partial charge on any atom is 0.217 e. The van der Waals surface area contributed by atoms with Gasteiger partial charge in [0.05, 0.1) is 12.6 Å². The molecule has 0 spiro atoms. The van der Waals surface area contributed by atoms with Crippen molar-refractivity contribution in [3.8, 4) is 6.07 Å². The molecule has 2 rings (SSSR count). The first-order valence-electron chi connectivity index (χ1n) is 7.01. The minimum atomic E-state index is -0.00296. The van der Waals surface area contributed by atoms with E-state index in [0.29, 0.717) is 12.5 Å². The minimum absolute atomic E-state index is 0.00296. The molecule has 2 atom stereocenters. The molecule has 1 aromatic rings. The van der Waals surface area contributed by atoms with Gasteiger partial charge in [0.2, 0.25) is 5.91 Å². The Morgan fingerprint density at radius 1 is 1.50 bits per heavy atom. The van der Waals surface area contributed by atoms with E-state index in [1.165, 1.54) is 11.1 Å². The van der Waals surface area contributed by atoms with E-state index in [-0.39, 0.29) is 11.9 Å². The summed E-state index contributed by atoms with van der Waals surface area (Å²) >= 11 is 0. The molecule has 0 aromatic heterocycles. The Balaban J connectivity index is 2.14. The molecule has 4 nitrogen and oxygen atoms in total. The van der Waals surface area contributed by atoms with Gasteiger partial charge in [0.1, 0.15) is 0 Å². The van der Waals surface area contributed by atoms with Crippen LogP contribution in [0.2, 0.25) is 0 Å². The van der Waals surface area contributed by atoms with Crippen LogP contribution in [-0.2, 0) is 4.79 Å². The number of hydrogen-bond donors (Lipinski definition) is 1. The van der Waals surface area contributed by atoms with Crippen LogP contribution in [0, 0.1) is 18.3 Å². The Morgan fingerprint density at radius 3 is 2.95 bits per heavy atom. The SMILES string of the molecule is CC(=O)NC1CC(c2cccc(C)c2)CN(CC#N)C1. The number of benzene rings is 1. The molecule has 1 saturated heterocycles. The lowest BCUT2D eigenvalue weighted by atomic mass is 9.87. The Kier molecular flexibility index (Phi) is 4.75. The van der Waals surface area contributed by atoms with E-state index < -0.39 is 0 Å². The van der Waals surface area contributed by atoms with Crippen LogP contribution in [0.25, 0.3) is 0 Å². The van der Waals surface area contributed by atoms with Crippen molar-refractivity contribution >= 4 is 5.91 Å². The molecule has 4 heteroatoms. The van der Waals surface area contributed by atoms with Crippen LogP contribution in [-0.4, -0.2) is 36.5 Å². The zero-order chi connectivity index (χ0) is 14.5. The second-order valence-electron chi connectivity index (χ2n) is 5.60. The molecular weight excluding hydrogens is 250 g/mol. The maximum absolute atomic E-state index is 11.3. The van der Waals surface area contributed by atoms with Gasteiger partial charge in [-0.05, 0) is 24.8 Å². The van der Waals surface area contributed by atoms with Gasteiger partial charge in [0.15, 0.2) is 0 Å². The Morgan fingerprint density at radius 2 is 2.30 bits per heavy atom. The van der Waals surface area contributed by atoms with Crippen LogP contribution in [0.1, 0.15) is 30.4 Å². The molecule has 1 N–H and O–H groups in total. The summed E-state index contributed by atoms with van der Waals surface area (Å²) in [6, 6.07) is 10.8. The standard InChI is InChI=1S/C16H21N3O/c1-12-4-3-5-14(8-12)15-9-16(18-13(2)20)11-19(10-15)7-6-17/h3-5,8,15-16H,7,9-11H2,1-2H3,(H,18,20). The number of aryl methyl sites for hydroxylation is 1. The molecule has 106 valence electrons. The van der Waals surface area contributed by atoms with Gasteiger partial charge in [-0.2, -0.15) is 5.26 Å². The average molecular weight is 271 g/mol. The molecule has 0 saturated carbocycles. The van der Waals surface area contributed by atoms with Gasteiger partial charge in [-0.3, -0.25) is 9.69 Å². The third kappa shape index (κ3) is 3.82. The fourth-order valence-corrected chi connectivity index (χ4v) is 2.98. The summed E-state index contributed by atoms with van der Waals surface area (Å²) in [6.45, 7) is 5.69. The Labute approximate surface area is 120 Å². The summed E-state index contributed by atoms with van der Waals surface area (Å²) in [5.74, 6) is 0.366. The van der Waals surface area contributed by atoms with Gasteiger partial charge in [-0.25, -0.2) is 0 Å². The molecule has 2 unspecified atom stereocenters. The van der Waals surface area contributed by atoms with Gasteiger partial charge in [0, 0.05) is 26.1 Å². The molecule has 1 aromatic carbocycles. The quantitative estimate of drug-likeness (QED) is 0.853. The largest absolute Gasteiger partial charge is 0.352 e. The molecular formula is C16H21N3O. The summed E-state index contributed by atoms with van der Waals surface area (Å²) in [5.41, 5.74) is 2.54. The third-order valence-corrected chi connectivity index (χ3v) is 3.74. The monoisotopic (exact) mass is 271 g/mol. The van der Waals surface area contributed by atoms with Crippen LogP contribution in [0.15, 0.2) is 24.3 Å². The number of rotatable bonds is 3. The van der Waals surface area contributed by atoms with Crippen molar-refractivity contribution in [1.29, 1.82) is 5.26 Å². The number of amides is 1. The number of piperidine rings is 1. The van der Waals surface area contributed by atoms with E-state index in [0.717, 1.165) is 19.5 Å². The predicted molar refractivity (Wildman–Crippen MR) is 78.2 cm³/mol. The zero-order valence-electron chi connectivity index (χ0n) is 12.1. The smallest absolute Gasteiger partial charge is 0.217 e. The second-order valence-corrected chi connectivity index (χ2v) is 5.60. The van der Waals surface area contributed by atoms with Crippen molar-refractivity contribution in [2.45, 2.75) is 32.2 Å². The van der Waals surface area contributed by atoms with Gasteiger partial charge >= 0.3 is 0 Å². The molecule has 1 heterocycles. The fraction of sp³-hybridized carbons (Fsp3) is 0.500. The van der Waals surface area contributed by atoms with Crippen LogP contribution in [0.3, 0.4) is 0 Å². The van der Waals surface area contributed by atoms with Crippen molar-refractivity contribution < 1.29 is 4.79 Å². The highest BCUT2D eigenvalue weighted by atomic mass is 16.1. The number of carbonyl (C=O) groups excluding carboxylic acids is 1. The molecule has 1 aliphatic heterocycles. The predicted octanol–water partition coefficient (Wildman–Crippen LogP) is 1.81. The lowest BCUT2D eigenvalue weighted by Crippen LogP contribution is -2.49. The second kappa shape index (κ2) is 6.53. The molecule has 20 heavy (non-hydrogen) atoms. The molecule has 1 aliphatic rings. The van der Waals surface area contributed by atoms with Crippen LogP contribution >= 0.6 is 0 Å². The lowest BCUT2D eigenvalue weighted by Gasteiger charge is -2.37. The minimum Gasteiger partial charge on any atom is -0.352 e. The zero-order valence-corrected chi connectivity index (χ0v) is 12.1. The van der Waals surface area contributed by atoms with E-state index in [2.05, 4.69) is 47.5 Å². The molecule has 0 radical (unpaired) electrons. The third-order valence-electron chi connectivity index (χ3n) is 3.74. The van der Waals surface area contributed by atoms with Crippen molar-refractivity contribution in [3.63, 3.8) is 0 Å². The van der Waals surface area contributed by atoms with E-state index in [9.17, 15) is 4.79 Å². The first-order chi connectivity index (χ1) is 9.58. The van der Waals surface area contributed by atoms with Crippen molar-refractivity contribution in [2.24, 2.45) is 0 Å². The average Bonchev–Trinajstić information content (AvgIpc) is 2.38. The summed E-state index contributed by atoms with van der Waals surface area (Å²) in [4.78, 5) is 13.4. The van der Waals surface area contributed by atoms with E-state index >= 15 is 0 Å². The molecule has 1 amide bonds. The highest BCUT2D eigenvalue weighted by molar-refractivity contribution is 5.73. The van der Waals surface area contributed by atoms with Crippen molar-refractivity contribution in [3.05, 3.63) is 35.4 Å². The Bertz CT molecular complexity index is 521. The summed E-state index contributed by atoms with van der Waals surface area (Å²) in [6.07, 6.45) is 0.935. The lowest BCUT2D eigenvalue weighted by molar-refractivity contribution is -0.120. The number of nitrogens with one attached hydrogen (secondary N) is 1. The van der Waals surface area contributed by atoms with E-state index in [1.54, 1.807) is 6.92 Å². The van der Waals surface area contributed by atoms with Gasteiger partial charge in [-0.15, -0.1) is 0 Å². The molecule has 0 aliphatic carbocycles. The topological polar surface area (TPSA) is 56.1 Å². The normalized spacial score (nSPS) is 23.1. The van der Waals surface area contributed by atoms with Crippen LogP contribution < -0.4 is 5.32 Å². The number of hydrogen-bond acceptors (Lipinski definition) is 3. The first-order valence-corrected chi connectivity index (χ1v) is 7.01. The van der Waals surface area contributed by atoms with Gasteiger partial charge in [0.25, 0.3) is 0 Å². The molecule has 0 bridgehead atoms. The Hall–Kier alpha value is -1.86. The van der Waals surface area contributed by atoms with Crippen LogP contribution in [0.4, 0.5) is 0 Å². The van der Waals surface area contributed by atoms with Crippen molar-refractivity contribution in [1.82, 2.24) is 10.2 Å². The highest BCUT2D eigenvalue weighted by Crippen LogP contribution is 2.27. The number of carbonyl (C=O) groups is 1. The van der Waals surface area contributed by atoms with E-state index in [4.69, 9.17) is 5.26 Å². The van der Waals surface area contributed by atoms with Gasteiger partial charge in [-0.1, -0.05) is 29.8 Å². The van der Waals surface area contributed by atoms with Gasteiger partial charge < -0.3 is 5.32 Å². The summed E-state index contributed by atoms with van der Waals surface area (Å²) in [5, 5.41) is 11.9. The number of nitriles is 1. The fourth-order valence-electron chi connectivity index (χ4n) is 2.98. The van der Waals surface area contributed by atoms with Crippen molar-refractivity contribution in [2.75, 3.05) is 19.6 Å². The summed E-state index contributed by atoms with van der Waals surface area (Å²) < 4.78 is 0. The summed E-state index contributed by atoms with van der Waals surface area (Å²) in [7, 11) is 0.